The molecule has 5 rings (SSSR count). The maximum Gasteiger partial charge on any atom is 0.248 e. The van der Waals surface area contributed by atoms with Gasteiger partial charge in [0.05, 0.1) is 16.9 Å². The van der Waals surface area contributed by atoms with Gasteiger partial charge in [0.25, 0.3) is 0 Å². The Bertz CT molecular complexity index is 1500. The quantitative estimate of drug-likeness (QED) is 0.204. The highest BCUT2D eigenvalue weighted by atomic mass is 35.5. The van der Waals surface area contributed by atoms with Crippen LogP contribution in [0.2, 0.25) is 5.02 Å². The lowest BCUT2D eigenvalue weighted by Gasteiger charge is -2.21. The molecule has 2 N–H and O–H groups in total. The number of benzene rings is 2. The van der Waals surface area contributed by atoms with Crippen molar-refractivity contribution in [3.05, 3.63) is 99.6 Å². The molecule has 220 valence electrons. The summed E-state index contributed by atoms with van der Waals surface area (Å²) in [5.41, 5.74) is 7.92. The van der Waals surface area contributed by atoms with Gasteiger partial charge < -0.3 is 15.3 Å². The summed E-state index contributed by atoms with van der Waals surface area (Å²) >= 11 is 6.58. The number of halogens is 2. The Morgan fingerprint density at radius 3 is 2.81 bits per heavy atom. The van der Waals surface area contributed by atoms with Crippen LogP contribution >= 0.6 is 11.6 Å². The van der Waals surface area contributed by atoms with E-state index in [0.717, 1.165) is 66.5 Å². The molecule has 1 saturated carbocycles. The van der Waals surface area contributed by atoms with Crippen molar-refractivity contribution in [1.29, 1.82) is 0 Å². The van der Waals surface area contributed by atoms with Gasteiger partial charge in [-0.15, -0.1) is 0 Å². The van der Waals surface area contributed by atoms with Crippen LogP contribution in [-0.2, 0) is 17.6 Å². The molecule has 0 bridgehead atoms. The second-order valence-corrected chi connectivity index (χ2v) is 11.7. The zero-order chi connectivity index (χ0) is 29.6. The monoisotopic (exact) mass is 588 g/mol. The summed E-state index contributed by atoms with van der Waals surface area (Å²) in [5.74, 6) is 0.555. The van der Waals surface area contributed by atoms with E-state index in [9.17, 15) is 14.3 Å². The molecule has 0 saturated heterocycles. The van der Waals surface area contributed by atoms with E-state index in [0.29, 0.717) is 35.7 Å². The molecule has 1 amide bonds. The number of hydrogen-bond donors (Lipinski definition) is 2. The van der Waals surface area contributed by atoms with Crippen molar-refractivity contribution < 1.29 is 14.3 Å². The Morgan fingerprint density at radius 2 is 2.05 bits per heavy atom. The van der Waals surface area contributed by atoms with Crippen molar-refractivity contribution >= 4 is 34.7 Å². The predicted octanol–water partition coefficient (Wildman–Crippen LogP) is 7.38. The fraction of sp³-hybridized carbons (Fsp3) is 0.382. The number of nitrogens with zero attached hydrogens (tertiary/aromatic N) is 3. The van der Waals surface area contributed by atoms with Crippen molar-refractivity contribution in [2.75, 3.05) is 25.0 Å². The highest BCUT2D eigenvalue weighted by Crippen LogP contribution is 2.42. The first kappa shape index (κ1) is 29.9. The molecule has 0 unspecified atom stereocenters. The molecule has 0 atom stereocenters. The number of allylic oxidation sites excluding steroid dienone is 2. The molecule has 2 aliphatic carbocycles. The Hall–Kier alpha value is -3.55. The minimum absolute atomic E-state index is 0.222. The Balaban J connectivity index is 1.30. The van der Waals surface area contributed by atoms with Crippen LogP contribution in [0.3, 0.4) is 0 Å². The van der Waals surface area contributed by atoms with Crippen LogP contribution in [0, 0.1) is 5.82 Å². The number of anilines is 2. The van der Waals surface area contributed by atoms with Crippen LogP contribution in [-0.4, -0.2) is 45.6 Å². The third-order valence-corrected chi connectivity index (χ3v) is 8.11. The number of fused-ring (bicyclic) bond motifs is 1. The summed E-state index contributed by atoms with van der Waals surface area (Å²) in [6.45, 7) is 7.17. The highest BCUT2D eigenvalue weighted by molar-refractivity contribution is 6.32. The third-order valence-electron chi connectivity index (χ3n) is 7.83. The summed E-state index contributed by atoms with van der Waals surface area (Å²) in [5, 5.41) is 13.1. The molecule has 42 heavy (non-hydrogen) atoms. The zero-order valence-electron chi connectivity index (χ0n) is 24.1. The van der Waals surface area contributed by atoms with Crippen LogP contribution in [0.1, 0.15) is 79.3 Å². The van der Waals surface area contributed by atoms with Crippen LogP contribution < -0.4 is 5.32 Å². The van der Waals surface area contributed by atoms with Crippen molar-refractivity contribution in [3.63, 3.8) is 0 Å². The number of aliphatic hydroxyl groups excluding tert-OH is 1. The van der Waals surface area contributed by atoms with E-state index in [2.05, 4.69) is 41.2 Å². The molecule has 6 nitrogen and oxygen atoms in total. The molecule has 2 aliphatic rings. The van der Waals surface area contributed by atoms with Gasteiger partial charge in [-0.2, -0.15) is 0 Å². The van der Waals surface area contributed by atoms with E-state index in [-0.39, 0.29) is 11.7 Å². The third kappa shape index (κ3) is 7.44. The highest BCUT2D eigenvalue weighted by Gasteiger charge is 2.25. The minimum Gasteiger partial charge on any atom is -0.387 e. The number of rotatable bonds is 13. The Labute approximate surface area is 252 Å². The Morgan fingerprint density at radius 1 is 1.21 bits per heavy atom. The number of amides is 1. The second-order valence-electron chi connectivity index (χ2n) is 11.3. The number of aromatic nitrogens is 2. The molecule has 1 aromatic heterocycles. The topological polar surface area (TPSA) is 78.4 Å². The molecule has 2 aromatic carbocycles. The van der Waals surface area contributed by atoms with Gasteiger partial charge >= 0.3 is 0 Å². The van der Waals surface area contributed by atoms with E-state index in [1.165, 1.54) is 30.0 Å². The average molecular weight is 589 g/mol. The first-order valence-electron chi connectivity index (χ1n) is 14.8. The fourth-order valence-electron chi connectivity index (χ4n) is 5.66. The number of nitrogens with one attached hydrogen (secondary N) is 1. The van der Waals surface area contributed by atoms with Crippen LogP contribution in [0.15, 0.2) is 60.8 Å². The van der Waals surface area contributed by atoms with E-state index >= 15 is 0 Å². The van der Waals surface area contributed by atoms with E-state index < -0.39 is 6.61 Å². The minimum atomic E-state index is -0.450. The number of carbonyl (C=O) groups is 1. The predicted molar refractivity (Wildman–Crippen MR) is 167 cm³/mol. The number of aliphatic hydroxyl groups is 1. The molecular formula is C34H38ClFN4O2. The van der Waals surface area contributed by atoms with Gasteiger partial charge in [0.15, 0.2) is 0 Å². The Kier molecular flexibility index (Phi) is 9.70. The summed E-state index contributed by atoms with van der Waals surface area (Å²) in [6, 6.07) is 11.4. The summed E-state index contributed by atoms with van der Waals surface area (Å²) in [7, 11) is 0. The van der Waals surface area contributed by atoms with Gasteiger partial charge in [0, 0.05) is 24.4 Å². The smallest absolute Gasteiger partial charge is 0.248 e. The van der Waals surface area contributed by atoms with Crippen molar-refractivity contribution in [2.24, 2.45) is 0 Å². The molecule has 0 spiro atoms. The van der Waals surface area contributed by atoms with E-state index in [1.807, 2.05) is 6.92 Å². The van der Waals surface area contributed by atoms with Crippen LogP contribution in [0.25, 0.3) is 5.57 Å². The van der Waals surface area contributed by atoms with Gasteiger partial charge in [-0.1, -0.05) is 48.9 Å². The van der Waals surface area contributed by atoms with Crippen LogP contribution in [0.4, 0.5) is 16.0 Å². The first-order chi connectivity index (χ1) is 20.3. The number of aryl methyl sites for hydroxylation is 1. The van der Waals surface area contributed by atoms with Gasteiger partial charge in [-0.3, -0.25) is 4.79 Å². The number of hydrogen-bond acceptors (Lipinski definition) is 5. The second kappa shape index (κ2) is 13.6. The van der Waals surface area contributed by atoms with E-state index in [4.69, 9.17) is 16.6 Å². The van der Waals surface area contributed by atoms with Crippen molar-refractivity contribution in [3.8, 4) is 0 Å². The van der Waals surface area contributed by atoms with Gasteiger partial charge in [0.1, 0.15) is 12.4 Å². The molecular weight excluding hydrogens is 551 g/mol. The summed E-state index contributed by atoms with van der Waals surface area (Å²) in [4.78, 5) is 23.0. The molecule has 0 radical (unpaired) electrons. The maximum absolute atomic E-state index is 13.9. The average Bonchev–Trinajstić information content (AvgIpc) is 3.83. The number of carbonyl (C=O) groups excluding carboxylic acids is 1. The largest absolute Gasteiger partial charge is 0.387 e. The standard InChI is InChI=1S/C34H38ClFN4O2/c1-3-13-40(32(42)21-41)14-5-6-22(2)15-23-16-26(24-9-10-24)19-28(17-23)38-34-37-20-31(35)33(39-34)30-8-4-7-25-18-27(36)11-12-29(25)30/h8,11-12,16-20,24,41H,2-7,9-10,13-15,21H2,1H3,(H,37,38,39). The summed E-state index contributed by atoms with van der Waals surface area (Å²) < 4.78 is 13.9. The van der Waals surface area contributed by atoms with Crippen molar-refractivity contribution in [2.45, 2.75) is 64.2 Å². The first-order valence-corrected chi connectivity index (χ1v) is 15.2. The summed E-state index contributed by atoms with van der Waals surface area (Å²) in [6.07, 6.45) is 10.9. The van der Waals surface area contributed by atoms with Gasteiger partial charge in [0.2, 0.25) is 11.9 Å². The fourth-order valence-corrected chi connectivity index (χ4v) is 5.85. The van der Waals surface area contributed by atoms with Crippen molar-refractivity contribution in [1.82, 2.24) is 14.9 Å². The maximum atomic E-state index is 13.9. The van der Waals surface area contributed by atoms with Gasteiger partial charge in [-0.25, -0.2) is 14.4 Å². The molecule has 0 aliphatic heterocycles. The zero-order valence-corrected chi connectivity index (χ0v) is 24.9. The SMILES string of the molecule is C=C(CCCN(CCC)C(=O)CO)Cc1cc(Nc2ncc(Cl)c(C3=CCCc4cc(F)ccc43)n2)cc(C2CC2)c1. The lowest BCUT2D eigenvalue weighted by Crippen LogP contribution is -2.34. The van der Waals surface area contributed by atoms with E-state index in [1.54, 1.807) is 23.2 Å². The lowest BCUT2D eigenvalue weighted by molar-refractivity contribution is -0.134. The van der Waals surface area contributed by atoms with Crippen LogP contribution in [0.5, 0.6) is 0 Å². The molecule has 3 aromatic rings. The lowest BCUT2D eigenvalue weighted by atomic mass is 9.89. The molecule has 1 fully saturated rings. The van der Waals surface area contributed by atoms with Gasteiger partial charge in [-0.05, 0) is 104 Å². The molecule has 8 heteroatoms. The normalized spacial score (nSPS) is 14.2. The molecule has 1 heterocycles.